The van der Waals surface area contributed by atoms with Gasteiger partial charge in [0.25, 0.3) is 0 Å². The van der Waals surface area contributed by atoms with Gasteiger partial charge < -0.3 is 4.57 Å². The third kappa shape index (κ3) is 1.32. The van der Waals surface area contributed by atoms with Crippen molar-refractivity contribution in [3.8, 4) is 0 Å². The van der Waals surface area contributed by atoms with E-state index in [2.05, 4.69) is 0 Å². The molecular formula is C12H21OP. The molecule has 14 heavy (non-hydrogen) atoms. The predicted octanol–water partition coefficient (Wildman–Crippen LogP) is 3.68. The van der Waals surface area contributed by atoms with Gasteiger partial charge in [-0.2, -0.15) is 0 Å². The Morgan fingerprint density at radius 1 is 0.714 bits per heavy atom. The maximum Gasteiger partial charge on any atom is 0.0826 e. The topological polar surface area (TPSA) is 17.1 Å². The number of rotatable bonds is 0. The first-order valence-corrected chi connectivity index (χ1v) is 7.98. The first-order chi connectivity index (χ1) is 6.88. The molecule has 3 fully saturated rings. The Balaban J connectivity index is 1.86. The Hall–Kier alpha value is 0.230. The molecular weight excluding hydrogens is 191 g/mol. The predicted molar refractivity (Wildman–Crippen MR) is 60.5 cm³/mol. The monoisotopic (exact) mass is 212 g/mol. The Morgan fingerprint density at radius 2 is 1.14 bits per heavy atom. The third-order valence-electron chi connectivity index (χ3n) is 4.92. The minimum absolute atomic E-state index is 0.682. The van der Waals surface area contributed by atoms with Gasteiger partial charge in [-0.05, 0) is 37.5 Å². The second-order valence-electron chi connectivity index (χ2n) is 5.51. The van der Waals surface area contributed by atoms with Gasteiger partial charge in [0.2, 0.25) is 0 Å². The summed E-state index contributed by atoms with van der Waals surface area (Å²) in [6.07, 6.45) is 11.0. The van der Waals surface area contributed by atoms with Crippen molar-refractivity contribution >= 4 is 7.80 Å². The van der Waals surface area contributed by atoms with Crippen molar-refractivity contribution in [2.45, 2.75) is 62.7 Å². The molecule has 5 atom stereocenters. The molecule has 2 heteroatoms. The van der Waals surface area contributed by atoms with Crippen LogP contribution < -0.4 is 0 Å². The van der Waals surface area contributed by atoms with Crippen LogP contribution >= 0.6 is 7.80 Å². The second-order valence-corrected chi connectivity index (χ2v) is 7.80. The van der Waals surface area contributed by atoms with Crippen LogP contribution in [0.4, 0.5) is 0 Å². The highest BCUT2D eigenvalue weighted by Crippen LogP contribution is 2.61. The molecule has 1 nitrogen and oxygen atoms in total. The molecule has 0 spiro atoms. The summed E-state index contributed by atoms with van der Waals surface area (Å²) in [6, 6.07) is 0. The lowest BCUT2D eigenvalue weighted by atomic mass is 9.73. The van der Waals surface area contributed by atoms with E-state index >= 15 is 0 Å². The van der Waals surface area contributed by atoms with E-state index in [-0.39, 0.29) is 0 Å². The summed E-state index contributed by atoms with van der Waals surface area (Å²) in [5.74, 6) is 1.78. The lowest BCUT2D eigenvalue weighted by Crippen LogP contribution is -2.26. The largest absolute Gasteiger partial charge is 0.326 e. The molecule has 1 saturated heterocycles. The van der Waals surface area contributed by atoms with Gasteiger partial charge in [-0.3, -0.25) is 0 Å². The summed E-state index contributed by atoms with van der Waals surface area (Å²) in [7, 11) is -1.20. The number of hydrogen-bond donors (Lipinski definition) is 0. The van der Waals surface area contributed by atoms with Crippen molar-refractivity contribution in [2.75, 3.05) is 0 Å². The fraction of sp³-hybridized carbons (Fsp3) is 1.00. The minimum Gasteiger partial charge on any atom is -0.326 e. The molecule has 1 heterocycles. The average Bonchev–Trinajstić information content (AvgIpc) is 2.55. The third-order valence-corrected chi connectivity index (χ3v) is 7.82. The fourth-order valence-corrected chi connectivity index (χ4v) is 7.52. The van der Waals surface area contributed by atoms with Crippen molar-refractivity contribution < 1.29 is 4.57 Å². The van der Waals surface area contributed by atoms with Crippen LogP contribution in [0, 0.1) is 11.8 Å². The molecule has 0 aromatic rings. The van der Waals surface area contributed by atoms with E-state index in [4.69, 9.17) is 0 Å². The molecule has 0 aromatic heterocycles. The van der Waals surface area contributed by atoms with Gasteiger partial charge in [0.05, 0.1) is 7.80 Å². The molecule has 0 bridgehead atoms. The molecule has 3 rings (SSSR count). The van der Waals surface area contributed by atoms with E-state index in [0.29, 0.717) is 11.3 Å². The molecule has 1 aliphatic heterocycles. The van der Waals surface area contributed by atoms with Crippen LogP contribution in [0.1, 0.15) is 51.4 Å². The van der Waals surface area contributed by atoms with Crippen LogP contribution in [-0.4, -0.2) is 11.3 Å². The number of hydrogen-bond acceptors (Lipinski definition) is 1. The van der Waals surface area contributed by atoms with Crippen molar-refractivity contribution in [1.29, 1.82) is 0 Å². The smallest absolute Gasteiger partial charge is 0.0826 e. The van der Waals surface area contributed by atoms with Crippen molar-refractivity contribution in [1.82, 2.24) is 0 Å². The van der Waals surface area contributed by atoms with Gasteiger partial charge in [0, 0.05) is 11.3 Å². The van der Waals surface area contributed by atoms with Crippen LogP contribution in [0.3, 0.4) is 0 Å². The Labute approximate surface area is 87.4 Å². The average molecular weight is 212 g/mol. The zero-order chi connectivity index (χ0) is 9.54. The SMILES string of the molecule is O=[PH]1[C@@H]2CCCC[C@@H]2[C@@H]2CCCC[C@H]21. The zero-order valence-corrected chi connectivity index (χ0v) is 9.87. The Bertz CT molecular complexity index is 227. The van der Waals surface area contributed by atoms with E-state index < -0.39 is 7.80 Å². The van der Waals surface area contributed by atoms with Crippen LogP contribution in [0.5, 0.6) is 0 Å². The van der Waals surface area contributed by atoms with E-state index in [1.807, 2.05) is 0 Å². The molecule has 0 amide bonds. The van der Waals surface area contributed by atoms with Crippen LogP contribution in [0.15, 0.2) is 0 Å². The van der Waals surface area contributed by atoms with Crippen LogP contribution in [0.2, 0.25) is 0 Å². The summed E-state index contributed by atoms with van der Waals surface area (Å²) in [5, 5.41) is 0. The minimum atomic E-state index is -1.20. The summed E-state index contributed by atoms with van der Waals surface area (Å²) in [5.41, 5.74) is 1.36. The molecule has 0 aromatic carbocycles. The summed E-state index contributed by atoms with van der Waals surface area (Å²) in [6.45, 7) is 0. The molecule has 0 radical (unpaired) electrons. The lowest BCUT2D eigenvalue weighted by Gasteiger charge is -2.31. The highest BCUT2D eigenvalue weighted by atomic mass is 31.1. The van der Waals surface area contributed by atoms with Crippen molar-refractivity contribution in [2.24, 2.45) is 11.8 Å². The Morgan fingerprint density at radius 3 is 1.64 bits per heavy atom. The maximum absolute atomic E-state index is 12.4. The first kappa shape index (κ1) is 9.46. The molecule has 2 aliphatic carbocycles. The Kier molecular flexibility index (Phi) is 2.48. The summed E-state index contributed by atoms with van der Waals surface area (Å²) in [4.78, 5) is 0. The maximum atomic E-state index is 12.4. The highest BCUT2D eigenvalue weighted by molar-refractivity contribution is 7.46. The highest BCUT2D eigenvalue weighted by Gasteiger charge is 2.49. The fourth-order valence-electron chi connectivity index (χ4n) is 4.33. The standard InChI is InChI=1S/C12H21OP/c13-14-11-7-3-1-5-9(11)10-6-2-4-8-12(10)14/h9-12,14H,1-8H2/t9-,10+,11-,12-/m1/s1. The van der Waals surface area contributed by atoms with E-state index in [1.54, 1.807) is 0 Å². The molecule has 80 valence electrons. The van der Waals surface area contributed by atoms with E-state index in [0.717, 1.165) is 11.8 Å². The quantitative estimate of drug-likeness (QED) is 0.560. The van der Waals surface area contributed by atoms with Crippen LogP contribution in [0.25, 0.3) is 0 Å². The van der Waals surface area contributed by atoms with Crippen molar-refractivity contribution in [3.63, 3.8) is 0 Å². The summed E-state index contributed by atoms with van der Waals surface area (Å²) >= 11 is 0. The van der Waals surface area contributed by atoms with Gasteiger partial charge in [0.15, 0.2) is 0 Å². The molecule has 2 saturated carbocycles. The van der Waals surface area contributed by atoms with Gasteiger partial charge in [-0.15, -0.1) is 0 Å². The summed E-state index contributed by atoms with van der Waals surface area (Å²) < 4.78 is 12.4. The van der Waals surface area contributed by atoms with Gasteiger partial charge in [0.1, 0.15) is 0 Å². The van der Waals surface area contributed by atoms with Gasteiger partial charge >= 0.3 is 0 Å². The van der Waals surface area contributed by atoms with E-state index in [1.165, 1.54) is 51.4 Å². The lowest BCUT2D eigenvalue weighted by molar-refractivity contribution is 0.231. The van der Waals surface area contributed by atoms with Crippen LogP contribution in [-0.2, 0) is 4.57 Å². The molecule has 3 aliphatic rings. The van der Waals surface area contributed by atoms with E-state index in [9.17, 15) is 4.57 Å². The van der Waals surface area contributed by atoms with Crippen molar-refractivity contribution in [3.05, 3.63) is 0 Å². The number of fused-ring (bicyclic) bond motifs is 3. The first-order valence-electron chi connectivity index (χ1n) is 6.41. The zero-order valence-electron chi connectivity index (χ0n) is 8.87. The molecule has 1 unspecified atom stereocenters. The van der Waals surface area contributed by atoms with Gasteiger partial charge in [-0.1, -0.05) is 25.7 Å². The second kappa shape index (κ2) is 3.67. The molecule has 0 N–H and O–H groups in total. The normalized spacial score (nSPS) is 52.4. The van der Waals surface area contributed by atoms with Gasteiger partial charge in [-0.25, -0.2) is 0 Å².